The SMILES string of the molecule is C\C=C/C=C\C=C\C=Nc1ccc(C(NC(=O)OC(C)(C)C)C(=O)OC(C)(C)C)cc1.Cc1ccccc1. The molecule has 1 unspecified atom stereocenters. The Balaban J connectivity index is 0.000000884. The Labute approximate surface area is 228 Å². The Morgan fingerprint density at radius 2 is 1.34 bits per heavy atom. The van der Waals surface area contributed by atoms with Crippen LogP contribution in [0.1, 0.15) is 65.6 Å². The van der Waals surface area contributed by atoms with E-state index in [0.717, 1.165) is 0 Å². The van der Waals surface area contributed by atoms with Crippen LogP contribution < -0.4 is 5.32 Å². The summed E-state index contributed by atoms with van der Waals surface area (Å²) in [6.07, 6.45) is 12.4. The van der Waals surface area contributed by atoms with Crippen molar-refractivity contribution in [2.75, 3.05) is 0 Å². The maximum atomic E-state index is 12.7. The number of nitrogens with zero attached hydrogens (tertiary/aromatic N) is 1. The molecule has 0 aliphatic carbocycles. The number of aryl methyl sites for hydroxylation is 1. The first-order chi connectivity index (χ1) is 17.8. The van der Waals surface area contributed by atoms with Crippen LogP contribution in [-0.2, 0) is 14.3 Å². The second kappa shape index (κ2) is 16.0. The molecule has 0 saturated carbocycles. The third kappa shape index (κ3) is 15.2. The predicted octanol–water partition coefficient (Wildman–Crippen LogP) is 7.98. The lowest BCUT2D eigenvalue weighted by atomic mass is 10.1. The summed E-state index contributed by atoms with van der Waals surface area (Å²) in [5, 5.41) is 2.61. The van der Waals surface area contributed by atoms with Crippen molar-refractivity contribution >= 4 is 24.0 Å². The van der Waals surface area contributed by atoms with E-state index in [0.29, 0.717) is 11.3 Å². The third-order valence-corrected chi connectivity index (χ3v) is 4.42. The minimum absolute atomic E-state index is 0.564. The molecular weight excluding hydrogens is 476 g/mol. The standard InChI is InChI=1S/C25H34N2O4.C7H8/c1-8-9-10-11-12-13-18-26-20-16-14-19(15-17-20)21(22(28)30-24(2,3)4)27-23(29)31-25(5,6)7;1-7-5-3-2-4-6-7/h8-18,21H,1-7H3,(H,27,29);2-6H,1H3/b9-8-,11-10-,13-12+,26-18?;. The van der Waals surface area contributed by atoms with Gasteiger partial charge in [0, 0.05) is 6.21 Å². The number of carbonyl (C=O) groups excluding carboxylic acids is 2. The van der Waals surface area contributed by atoms with Gasteiger partial charge in [0.1, 0.15) is 11.2 Å². The van der Waals surface area contributed by atoms with Gasteiger partial charge in [-0.1, -0.05) is 78.4 Å². The molecule has 0 aromatic heterocycles. The molecule has 0 aliphatic rings. The zero-order valence-electron chi connectivity index (χ0n) is 23.9. The molecule has 0 saturated heterocycles. The zero-order chi connectivity index (χ0) is 28.6. The number of benzene rings is 2. The summed E-state index contributed by atoms with van der Waals surface area (Å²) in [6.45, 7) is 14.6. The zero-order valence-corrected chi connectivity index (χ0v) is 23.9. The number of allylic oxidation sites excluding steroid dienone is 6. The number of hydrogen-bond acceptors (Lipinski definition) is 5. The van der Waals surface area contributed by atoms with E-state index in [2.05, 4.69) is 29.4 Å². The Morgan fingerprint density at radius 3 is 1.84 bits per heavy atom. The molecule has 6 heteroatoms. The molecule has 0 bridgehead atoms. The second-order valence-corrected chi connectivity index (χ2v) is 10.4. The Hall–Kier alpha value is -3.93. The molecule has 0 radical (unpaired) electrons. The van der Waals surface area contributed by atoms with E-state index >= 15 is 0 Å². The number of ether oxygens (including phenoxy) is 2. The molecule has 0 aliphatic heterocycles. The molecule has 1 atom stereocenters. The van der Waals surface area contributed by atoms with Crippen LogP contribution in [0.25, 0.3) is 0 Å². The van der Waals surface area contributed by atoms with Gasteiger partial charge in [-0.25, -0.2) is 9.59 Å². The van der Waals surface area contributed by atoms with Gasteiger partial charge in [-0.3, -0.25) is 4.99 Å². The molecular formula is C32H42N2O4. The van der Waals surface area contributed by atoms with Crippen LogP contribution in [0, 0.1) is 6.92 Å². The number of esters is 1. The Bertz CT molecular complexity index is 1100. The highest BCUT2D eigenvalue weighted by Crippen LogP contribution is 2.22. The molecule has 0 spiro atoms. The van der Waals surface area contributed by atoms with Crippen LogP contribution in [0.3, 0.4) is 0 Å². The number of hydrogen-bond donors (Lipinski definition) is 1. The van der Waals surface area contributed by atoms with E-state index in [4.69, 9.17) is 9.47 Å². The van der Waals surface area contributed by atoms with Crippen LogP contribution >= 0.6 is 0 Å². The minimum atomic E-state index is -0.997. The third-order valence-electron chi connectivity index (χ3n) is 4.42. The van der Waals surface area contributed by atoms with Gasteiger partial charge in [0.05, 0.1) is 5.69 Å². The Kier molecular flexibility index (Phi) is 13.5. The molecule has 0 fully saturated rings. The average molecular weight is 519 g/mol. The smallest absolute Gasteiger partial charge is 0.408 e. The largest absolute Gasteiger partial charge is 0.458 e. The van der Waals surface area contributed by atoms with E-state index < -0.39 is 29.3 Å². The van der Waals surface area contributed by atoms with Gasteiger partial charge in [0.25, 0.3) is 0 Å². The first kappa shape index (κ1) is 32.1. The fraction of sp³-hybridized carbons (Fsp3) is 0.344. The van der Waals surface area contributed by atoms with Crippen molar-refractivity contribution in [3.63, 3.8) is 0 Å². The van der Waals surface area contributed by atoms with Gasteiger partial charge in [0.15, 0.2) is 6.04 Å². The fourth-order valence-electron chi connectivity index (χ4n) is 2.83. The molecule has 1 amide bonds. The molecule has 2 aromatic carbocycles. The lowest BCUT2D eigenvalue weighted by molar-refractivity contribution is -0.157. The maximum Gasteiger partial charge on any atom is 0.408 e. The normalized spacial score (nSPS) is 12.9. The monoisotopic (exact) mass is 518 g/mol. The number of aliphatic imine (C=N–C) groups is 1. The summed E-state index contributed by atoms with van der Waals surface area (Å²) >= 11 is 0. The number of alkyl carbamates (subject to hydrolysis) is 1. The Morgan fingerprint density at radius 1 is 0.789 bits per heavy atom. The summed E-state index contributed by atoms with van der Waals surface area (Å²) in [4.78, 5) is 29.3. The highest BCUT2D eigenvalue weighted by molar-refractivity contribution is 5.83. The predicted molar refractivity (Wildman–Crippen MR) is 157 cm³/mol. The fourth-order valence-corrected chi connectivity index (χ4v) is 2.83. The summed E-state index contributed by atoms with van der Waals surface area (Å²) in [5.41, 5.74) is 1.23. The van der Waals surface area contributed by atoms with Crippen molar-refractivity contribution in [3.05, 3.63) is 102 Å². The van der Waals surface area contributed by atoms with Gasteiger partial charge in [-0.15, -0.1) is 0 Å². The van der Waals surface area contributed by atoms with Crippen molar-refractivity contribution in [2.45, 2.75) is 72.6 Å². The van der Waals surface area contributed by atoms with E-state index in [1.54, 1.807) is 72.0 Å². The van der Waals surface area contributed by atoms with E-state index in [-0.39, 0.29) is 0 Å². The van der Waals surface area contributed by atoms with Gasteiger partial charge in [0.2, 0.25) is 0 Å². The summed E-state index contributed by atoms with van der Waals surface area (Å²) in [5.74, 6) is -0.564. The summed E-state index contributed by atoms with van der Waals surface area (Å²) in [7, 11) is 0. The first-order valence-corrected chi connectivity index (χ1v) is 12.6. The molecule has 6 nitrogen and oxygen atoms in total. The van der Waals surface area contributed by atoms with Crippen molar-refractivity contribution < 1.29 is 19.1 Å². The summed E-state index contributed by atoms with van der Waals surface area (Å²) < 4.78 is 10.8. The lowest BCUT2D eigenvalue weighted by Gasteiger charge is -2.26. The number of rotatable bonds is 7. The molecule has 0 heterocycles. The van der Waals surface area contributed by atoms with Crippen molar-refractivity contribution in [2.24, 2.45) is 4.99 Å². The summed E-state index contributed by atoms with van der Waals surface area (Å²) in [6, 6.07) is 16.3. The molecule has 38 heavy (non-hydrogen) atoms. The highest BCUT2D eigenvalue weighted by Gasteiger charge is 2.30. The molecule has 2 rings (SSSR count). The molecule has 1 N–H and O–H groups in total. The van der Waals surface area contributed by atoms with Crippen LogP contribution in [0.2, 0.25) is 0 Å². The number of amides is 1. The number of carbonyl (C=O) groups is 2. The van der Waals surface area contributed by atoms with Crippen LogP contribution in [0.5, 0.6) is 0 Å². The highest BCUT2D eigenvalue weighted by atomic mass is 16.6. The van der Waals surface area contributed by atoms with Gasteiger partial charge < -0.3 is 14.8 Å². The van der Waals surface area contributed by atoms with Crippen molar-refractivity contribution in [1.82, 2.24) is 5.32 Å². The molecule has 204 valence electrons. The van der Waals surface area contributed by atoms with Crippen LogP contribution in [-0.4, -0.2) is 29.5 Å². The molecule has 2 aromatic rings. The quantitative estimate of drug-likeness (QED) is 0.229. The number of nitrogens with one attached hydrogen (secondary N) is 1. The average Bonchev–Trinajstić information content (AvgIpc) is 2.81. The van der Waals surface area contributed by atoms with E-state index in [9.17, 15) is 9.59 Å². The topological polar surface area (TPSA) is 77.0 Å². The van der Waals surface area contributed by atoms with Crippen LogP contribution in [0.4, 0.5) is 10.5 Å². The first-order valence-electron chi connectivity index (χ1n) is 12.6. The van der Waals surface area contributed by atoms with Crippen molar-refractivity contribution in [3.8, 4) is 0 Å². The van der Waals surface area contributed by atoms with Crippen molar-refractivity contribution in [1.29, 1.82) is 0 Å². The second-order valence-electron chi connectivity index (χ2n) is 10.4. The van der Waals surface area contributed by atoms with Crippen LogP contribution in [0.15, 0.2) is 96.0 Å². The van der Waals surface area contributed by atoms with E-state index in [1.807, 2.05) is 61.6 Å². The van der Waals surface area contributed by atoms with Gasteiger partial charge >= 0.3 is 12.1 Å². The van der Waals surface area contributed by atoms with E-state index in [1.165, 1.54) is 5.56 Å². The maximum absolute atomic E-state index is 12.7. The minimum Gasteiger partial charge on any atom is -0.458 e. The van der Waals surface area contributed by atoms with Gasteiger partial charge in [-0.05, 0) is 79.2 Å². The lowest BCUT2D eigenvalue weighted by Crippen LogP contribution is -2.40. The van der Waals surface area contributed by atoms with Gasteiger partial charge in [-0.2, -0.15) is 0 Å².